The van der Waals surface area contributed by atoms with Gasteiger partial charge >= 0.3 is 0 Å². The first kappa shape index (κ1) is 0.318. The van der Waals surface area contributed by atoms with E-state index < -0.39 is 13.2 Å². The van der Waals surface area contributed by atoms with Gasteiger partial charge in [-0.2, -0.15) is 0 Å². The van der Waals surface area contributed by atoms with Crippen LogP contribution in [0.4, 0.5) is 0 Å². The van der Waals surface area contributed by atoms with Gasteiger partial charge < -0.3 is 0 Å². The molecule has 0 atom stereocenters. The predicted molar refractivity (Wildman–Crippen MR) is 19.1 cm³/mol. The van der Waals surface area contributed by atoms with E-state index >= 15 is 0 Å². The smallest absolute Gasteiger partial charge is 0.120 e. The summed E-state index contributed by atoms with van der Waals surface area (Å²) in [6.45, 7) is -2.76. The van der Waals surface area contributed by atoms with E-state index in [1.165, 1.54) is 6.40 Å². The van der Waals surface area contributed by atoms with Gasteiger partial charge in [-0.05, 0) is 0 Å². The Morgan fingerprint density at radius 1 is 3.00 bits per heavy atom. The van der Waals surface area contributed by atoms with Crippen molar-refractivity contribution in [2.24, 2.45) is 0 Å². The zero-order valence-corrected chi connectivity index (χ0v) is 2.00. The lowest BCUT2D eigenvalue weighted by atomic mass is 10.5. The molecule has 0 aromatic rings. The Hall–Kier alpha value is -0.440. The van der Waals surface area contributed by atoms with Crippen LogP contribution in [0.2, 0.25) is 0 Å². The van der Waals surface area contributed by atoms with Crippen molar-refractivity contribution in [1.82, 2.24) is 0 Å². The number of rotatable bonds is 0. The van der Waals surface area contributed by atoms with Crippen LogP contribution in [0.15, 0.2) is 0 Å². The van der Waals surface area contributed by atoms with E-state index in [2.05, 4.69) is 0 Å². The Morgan fingerprint density at radius 2 is 4.00 bits per heavy atom. The number of hydrogen-bond acceptors (Lipinski definition) is 0. The van der Waals surface area contributed by atoms with Crippen molar-refractivity contribution in [3.63, 3.8) is 0 Å². The molecule has 0 unspecified atom stereocenters. The highest BCUT2D eigenvalue weighted by molar-refractivity contribution is 4.80. The van der Waals surface area contributed by atoms with Crippen molar-refractivity contribution in [2.45, 2.75) is 13.2 Å². The minimum absolute atomic E-state index is 1.48. The van der Waals surface area contributed by atoms with Crippen molar-refractivity contribution in [1.29, 1.82) is 0 Å². The van der Waals surface area contributed by atoms with Crippen LogP contribution in [0.25, 0.3) is 0 Å². The molecule has 0 heteroatoms. The third-order valence-electron chi connectivity index (χ3n) is 0.0625. The summed E-state index contributed by atoms with van der Waals surface area (Å²) in [4.78, 5) is 0. The molecule has 0 saturated heterocycles. The van der Waals surface area contributed by atoms with Gasteiger partial charge in [0.05, 0.1) is 0 Å². The summed E-state index contributed by atoms with van der Waals surface area (Å²) in [7, 11) is 0. The Kier molecular flexibility index (Phi) is 0.204. The normalized spacial score (nSPS) is 32.0. The van der Waals surface area contributed by atoms with Gasteiger partial charge in [-0.15, -0.1) is 12.3 Å². The summed E-state index contributed by atoms with van der Waals surface area (Å²) in [6, 6.07) is 0. The molecule has 0 aliphatic carbocycles. The molecule has 0 saturated carbocycles. The SMILES string of the molecule is [2H]C#CC([2H])([2H])C([2H])([2H])[2H]. The highest BCUT2D eigenvalue weighted by atomic mass is 13.5. The first-order valence-electron chi connectivity index (χ1n) is 3.75. The fraction of sp³-hybridized carbons (Fsp3) is 0.500. The number of terminal acetylenes is 1. The van der Waals surface area contributed by atoms with Gasteiger partial charge in [-0.3, -0.25) is 0 Å². The molecule has 0 rings (SSSR count). The Bertz CT molecular complexity index is 166. The summed E-state index contributed by atoms with van der Waals surface area (Å²) in [5.74, 6) is 1.65. The van der Waals surface area contributed by atoms with Crippen molar-refractivity contribution in [3.05, 3.63) is 0 Å². The highest BCUT2D eigenvalue weighted by Crippen LogP contribution is 1.58. The molecule has 0 aliphatic heterocycles. The maximum Gasteiger partial charge on any atom is 0.124 e. The van der Waals surface area contributed by atoms with E-state index in [0.29, 0.717) is 0 Å². The molecular formula is C4H6. The van der Waals surface area contributed by atoms with Gasteiger partial charge in [0.2, 0.25) is 0 Å². The van der Waals surface area contributed by atoms with Gasteiger partial charge in [0.25, 0.3) is 0 Å². The Balaban J connectivity index is 4.51. The van der Waals surface area contributed by atoms with Gasteiger partial charge in [-0.1, -0.05) is 6.85 Å². The van der Waals surface area contributed by atoms with Crippen LogP contribution < -0.4 is 0 Å². The summed E-state index contributed by atoms with van der Waals surface area (Å²) in [5, 5.41) is 0. The van der Waals surface area contributed by atoms with Crippen LogP contribution in [0.3, 0.4) is 0 Å². The van der Waals surface area contributed by atoms with Crippen LogP contribution >= 0.6 is 0 Å². The zero-order chi connectivity index (χ0) is 8.41. The van der Waals surface area contributed by atoms with E-state index in [9.17, 15) is 0 Å². The minimum atomic E-state index is -2.76. The first-order chi connectivity index (χ1) is 4.31. The van der Waals surface area contributed by atoms with E-state index in [0.717, 1.165) is 0 Å². The predicted octanol–water partition coefficient (Wildman–Crippen LogP) is 1.03. The van der Waals surface area contributed by atoms with E-state index in [-0.39, 0.29) is 0 Å². The monoisotopic (exact) mass is 60.1 g/mol. The van der Waals surface area contributed by atoms with Gasteiger partial charge in [0.15, 0.2) is 0 Å². The summed E-state index contributed by atoms with van der Waals surface area (Å²) in [6.07, 6.45) is -1.08. The van der Waals surface area contributed by atoms with Crippen molar-refractivity contribution >= 4 is 0 Å². The van der Waals surface area contributed by atoms with Crippen molar-refractivity contribution in [3.8, 4) is 12.3 Å². The molecule has 0 nitrogen and oxygen atoms in total. The van der Waals surface area contributed by atoms with Crippen LogP contribution in [-0.2, 0) is 0 Å². The Morgan fingerprint density at radius 3 is 4.25 bits per heavy atom. The summed E-state index contributed by atoms with van der Waals surface area (Å²) < 4.78 is 39.7. The molecule has 4 heavy (non-hydrogen) atoms. The quantitative estimate of drug-likeness (QED) is 0.366. The molecule has 0 radical (unpaired) electrons. The standard InChI is InChI=1S/C4H6/c1-3-4-2/h1H,4H2,2H3/i1D,2D3,4D2. The zero-order valence-electron chi connectivity index (χ0n) is 8.00. The van der Waals surface area contributed by atoms with Crippen LogP contribution in [0, 0.1) is 12.3 Å². The number of hydrogen-bond donors (Lipinski definition) is 0. The average molecular weight is 60.1 g/mol. The molecule has 0 bridgehead atoms. The molecule has 0 aliphatic rings. The van der Waals surface area contributed by atoms with Gasteiger partial charge in [0.1, 0.15) is 1.37 Å². The maximum absolute atomic E-state index is 6.79. The Labute approximate surface area is 35.3 Å². The summed E-state index contributed by atoms with van der Waals surface area (Å²) in [5.41, 5.74) is 0. The average Bonchev–Trinajstić information content (AvgIpc) is 1.61. The minimum Gasteiger partial charge on any atom is -0.120 e. The van der Waals surface area contributed by atoms with Crippen LogP contribution in [0.5, 0.6) is 0 Å². The second-order valence-electron chi connectivity index (χ2n) is 0.250. The topological polar surface area (TPSA) is 0 Å². The largest absolute Gasteiger partial charge is 0.124 e. The maximum atomic E-state index is 6.79. The fourth-order valence-electron chi connectivity index (χ4n) is 0. The molecule has 0 aromatic carbocycles. The molecule has 0 amide bonds. The molecule has 22 valence electrons. The van der Waals surface area contributed by atoms with Crippen molar-refractivity contribution in [2.75, 3.05) is 0 Å². The van der Waals surface area contributed by atoms with Crippen LogP contribution in [0.1, 0.15) is 21.4 Å². The highest BCUT2D eigenvalue weighted by Gasteiger charge is 1.43. The second kappa shape index (κ2) is 2.56. The van der Waals surface area contributed by atoms with E-state index in [1.807, 2.05) is 0 Å². The first-order valence-corrected chi connectivity index (χ1v) is 0.750. The molecule has 0 N–H and O–H groups in total. The van der Waals surface area contributed by atoms with E-state index in [1.54, 1.807) is 5.92 Å². The van der Waals surface area contributed by atoms with Crippen molar-refractivity contribution < 1.29 is 8.22 Å². The molecular weight excluding hydrogens is 48.0 g/mol. The second-order valence-corrected chi connectivity index (χ2v) is 0.250. The van der Waals surface area contributed by atoms with Gasteiger partial charge in [-0.25, -0.2) is 0 Å². The fourth-order valence-corrected chi connectivity index (χ4v) is 0. The van der Waals surface area contributed by atoms with Crippen LogP contribution in [-0.4, -0.2) is 0 Å². The molecule has 0 heterocycles. The third kappa shape index (κ3) is 1.56. The van der Waals surface area contributed by atoms with E-state index in [4.69, 9.17) is 8.22 Å². The lowest BCUT2D eigenvalue weighted by Crippen LogP contribution is -1.38. The summed E-state index contributed by atoms with van der Waals surface area (Å²) >= 11 is 0. The molecule has 0 fully saturated rings. The molecule has 0 aromatic heterocycles. The third-order valence-corrected chi connectivity index (χ3v) is 0.0625. The lowest BCUT2D eigenvalue weighted by molar-refractivity contribution is 1.28. The lowest BCUT2D eigenvalue weighted by Gasteiger charge is -1.52. The van der Waals surface area contributed by atoms with Gasteiger partial charge in [0, 0.05) is 13.2 Å². The molecule has 0 spiro atoms.